The van der Waals surface area contributed by atoms with Gasteiger partial charge in [0.05, 0.1) is 0 Å². The van der Waals surface area contributed by atoms with Crippen LogP contribution in [0.3, 0.4) is 0 Å². The summed E-state index contributed by atoms with van der Waals surface area (Å²) in [5.41, 5.74) is 4.52. The van der Waals surface area contributed by atoms with Crippen molar-refractivity contribution in [1.82, 2.24) is 0 Å². The largest absolute Gasteiger partial charge is 0.423 e. The fraction of sp³-hybridized carbons (Fsp3) is 0.233. The van der Waals surface area contributed by atoms with Crippen LogP contribution in [-0.2, 0) is 14.4 Å². The number of rotatable bonds is 10. The molecule has 0 unspecified atom stereocenters. The number of benzene rings is 2. The van der Waals surface area contributed by atoms with E-state index in [0.717, 1.165) is 35.1 Å². The zero-order valence-corrected chi connectivity index (χ0v) is 21.5. The van der Waals surface area contributed by atoms with E-state index in [-0.39, 0.29) is 22.6 Å². The van der Waals surface area contributed by atoms with Crippen LogP contribution in [0.5, 0.6) is 17.2 Å². The van der Waals surface area contributed by atoms with Crippen LogP contribution in [0.4, 0.5) is 0 Å². The second kappa shape index (κ2) is 12.5. The Balaban J connectivity index is 2.52. The van der Waals surface area contributed by atoms with Crippen LogP contribution in [-0.4, -0.2) is 17.9 Å². The maximum Gasteiger partial charge on any atom is 0.338 e. The first-order valence-electron chi connectivity index (χ1n) is 11.5. The lowest BCUT2D eigenvalue weighted by Gasteiger charge is -2.16. The van der Waals surface area contributed by atoms with Crippen LogP contribution in [0.1, 0.15) is 58.6 Å². The summed E-state index contributed by atoms with van der Waals surface area (Å²) in [6.45, 7) is 19.5. The van der Waals surface area contributed by atoms with Crippen molar-refractivity contribution >= 4 is 29.1 Å². The quantitative estimate of drug-likeness (QED) is 0.157. The van der Waals surface area contributed by atoms with Gasteiger partial charge in [0.15, 0.2) is 11.5 Å². The lowest BCUT2D eigenvalue weighted by atomic mass is 9.92. The van der Waals surface area contributed by atoms with Crippen molar-refractivity contribution < 1.29 is 28.6 Å². The molecule has 0 atom stereocenters. The molecular weight excluding hydrogens is 456 g/mol. The molecule has 0 aliphatic rings. The number of ether oxygens (including phenoxy) is 3. The Kier molecular flexibility index (Phi) is 9.74. The molecule has 6 heteroatoms. The van der Waals surface area contributed by atoms with Gasteiger partial charge in [-0.2, -0.15) is 0 Å². The van der Waals surface area contributed by atoms with E-state index in [9.17, 15) is 14.4 Å². The minimum atomic E-state index is -0.630. The summed E-state index contributed by atoms with van der Waals surface area (Å²) in [5, 5.41) is 0. The number of allylic oxidation sites excluding steroid dienone is 2. The molecule has 2 rings (SSSR count). The minimum Gasteiger partial charge on any atom is -0.423 e. The normalized spacial score (nSPS) is 11.1. The second-order valence-electron chi connectivity index (χ2n) is 8.55. The number of carbonyl (C=O) groups is 3. The Morgan fingerprint density at radius 1 is 0.667 bits per heavy atom. The van der Waals surface area contributed by atoms with Gasteiger partial charge in [0, 0.05) is 16.7 Å². The second-order valence-corrected chi connectivity index (χ2v) is 8.55. The Morgan fingerprint density at radius 2 is 1.14 bits per heavy atom. The van der Waals surface area contributed by atoms with E-state index in [4.69, 9.17) is 14.2 Å². The highest BCUT2D eigenvalue weighted by Gasteiger charge is 2.17. The standard InChI is InChI=1S/C30H32O6/c1-9-10-25(22-11-14-24(15-12-22)34-28(31)18(2)3)21(8)23-13-16-26(35-29(32)19(4)5)27(17-23)36-30(33)20(6)7/h11-17H,2,4,6,9-10H2,1,3,5,7-8H3. The molecule has 6 nitrogen and oxygen atoms in total. The summed E-state index contributed by atoms with van der Waals surface area (Å²) in [6.07, 6.45) is 1.68. The Labute approximate surface area is 212 Å². The van der Waals surface area contributed by atoms with Crippen LogP contribution in [0.15, 0.2) is 78.9 Å². The smallest absolute Gasteiger partial charge is 0.338 e. The summed E-state index contributed by atoms with van der Waals surface area (Å²) >= 11 is 0. The van der Waals surface area contributed by atoms with E-state index in [1.54, 1.807) is 37.3 Å². The maximum absolute atomic E-state index is 12.2. The van der Waals surface area contributed by atoms with Crippen molar-refractivity contribution in [3.8, 4) is 17.2 Å². The van der Waals surface area contributed by atoms with Gasteiger partial charge in [0.2, 0.25) is 0 Å². The van der Waals surface area contributed by atoms with Crippen molar-refractivity contribution in [3.63, 3.8) is 0 Å². The average molecular weight is 489 g/mol. The molecule has 0 radical (unpaired) electrons. The topological polar surface area (TPSA) is 78.9 Å². The molecule has 2 aromatic carbocycles. The Morgan fingerprint density at radius 3 is 1.64 bits per heavy atom. The van der Waals surface area contributed by atoms with E-state index < -0.39 is 17.9 Å². The SMILES string of the molecule is C=C(C)C(=O)Oc1ccc(C(CCC)=C(C)c2ccc(OC(=O)C(=C)C)c(OC(=O)C(=C)C)c2)cc1. The highest BCUT2D eigenvalue weighted by atomic mass is 16.6. The fourth-order valence-electron chi connectivity index (χ4n) is 3.17. The van der Waals surface area contributed by atoms with Crippen LogP contribution in [0, 0.1) is 0 Å². The highest BCUT2D eigenvalue weighted by molar-refractivity contribution is 5.93. The van der Waals surface area contributed by atoms with Gasteiger partial charge in [-0.3, -0.25) is 0 Å². The predicted molar refractivity (Wildman–Crippen MR) is 142 cm³/mol. The summed E-state index contributed by atoms with van der Waals surface area (Å²) in [5.74, 6) is -1.09. The molecule has 0 heterocycles. The van der Waals surface area contributed by atoms with Crippen LogP contribution in [0.25, 0.3) is 11.1 Å². The first kappa shape index (κ1) is 28.1. The Bertz CT molecular complexity index is 1240. The zero-order chi connectivity index (χ0) is 27.0. The van der Waals surface area contributed by atoms with Gasteiger partial charge < -0.3 is 14.2 Å². The van der Waals surface area contributed by atoms with E-state index in [0.29, 0.717) is 11.3 Å². The molecular formula is C30H32O6. The predicted octanol–water partition coefficient (Wildman–Crippen LogP) is 6.86. The van der Waals surface area contributed by atoms with Crippen molar-refractivity contribution in [2.45, 2.75) is 47.5 Å². The molecule has 0 spiro atoms. The molecule has 0 saturated heterocycles. The highest BCUT2D eigenvalue weighted by Crippen LogP contribution is 2.36. The number of carbonyl (C=O) groups excluding carboxylic acids is 3. The number of hydrogen-bond acceptors (Lipinski definition) is 6. The zero-order valence-electron chi connectivity index (χ0n) is 21.5. The molecule has 2 aromatic rings. The molecule has 188 valence electrons. The van der Waals surface area contributed by atoms with Crippen molar-refractivity contribution in [3.05, 3.63) is 90.0 Å². The number of hydrogen-bond donors (Lipinski definition) is 0. The molecule has 0 fully saturated rings. The number of esters is 3. The van der Waals surface area contributed by atoms with Crippen molar-refractivity contribution in [2.24, 2.45) is 0 Å². The average Bonchev–Trinajstić information content (AvgIpc) is 2.83. The van der Waals surface area contributed by atoms with E-state index in [1.807, 2.05) is 19.1 Å². The Hall–Kier alpha value is -4.19. The minimum absolute atomic E-state index is 0.104. The summed E-state index contributed by atoms with van der Waals surface area (Å²) in [7, 11) is 0. The third-order valence-electron chi connectivity index (χ3n) is 5.19. The lowest BCUT2D eigenvalue weighted by molar-refractivity contribution is -0.132. The van der Waals surface area contributed by atoms with Crippen LogP contribution in [0.2, 0.25) is 0 Å². The lowest BCUT2D eigenvalue weighted by Crippen LogP contribution is -2.13. The monoisotopic (exact) mass is 488 g/mol. The molecule has 0 aromatic heterocycles. The van der Waals surface area contributed by atoms with Crippen LogP contribution >= 0.6 is 0 Å². The van der Waals surface area contributed by atoms with E-state index in [2.05, 4.69) is 26.7 Å². The maximum atomic E-state index is 12.2. The molecule has 0 aliphatic heterocycles. The van der Waals surface area contributed by atoms with E-state index >= 15 is 0 Å². The third kappa shape index (κ3) is 7.40. The van der Waals surface area contributed by atoms with Gasteiger partial charge in [-0.05, 0) is 80.7 Å². The van der Waals surface area contributed by atoms with Gasteiger partial charge in [0.25, 0.3) is 0 Å². The van der Waals surface area contributed by atoms with E-state index in [1.165, 1.54) is 13.8 Å². The summed E-state index contributed by atoms with van der Waals surface area (Å²) in [6, 6.07) is 12.3. The molecule has 0 N–H and O–H groups in total. The molecule has 0 amide bonds. The van der Waals surface area contributed by atoms with Gasteiger partial charge in [0.1, 0.15) is 5.75 Å². The third-order valence-corrected chi connectivity index (χ3v) is 5.19. The molecule has 0 aliphatic carbocycles. The van der Waals surface area contributed by atoms with Crippen molar-refractivity contribution in [2.75, 3.05) is 0 Å². The molecule has 0 saturated carbocycles. The van der Waals surface area contributed by atoms with Gasteiger partial charge in [-0.25, -0.2) is 14.4 Å². The summed E-state index contributed by atoms with van der Waals surface area (Å²) in [4.78, 5) is 36.1. The summed E-state index contributed by atoms with van der Waals surface area (Å²) < 4.78 is 16.1. The van der Waals surface area contributed by atoms with Gasteiger partial charge >= 0.3 is 17.9 Å². The van der Waals surface area contributed by atoms with Crippen LogP contribution < -0.4 is 14.2 Å². The first-order chi connectivity index (χ1) is 16.9. The van der Waals surface area contributed by atoms with Gasteiger partial charge in [-0.15, -0.1) is 0 Å². The first-order valence-corrected chi connectivity index (χ1v) is 11.5. The van der Waals surface area contributed by atoms with Gasteiger partial charge in [-0.1, -0.05) is 51.3 Å². The molecule has 36 heavy (non-hydrogen) atoms. The fourth-order valence-corrected chi connectivity index (χ4v) is 3.17. The van der Waals surface area contributed by atoms with Crippen molar-refractivity contribution in [1.29, 1.82) is 0 Å². The molecule has 0 bridgehead atoms.